The van der Waals surface area contributed by atoms with Crippen molar-refractivity contribution in [1.82, 2.24) is 0 Å². The van der Waals surface area contributed by atoms with Crippen LogP contribution in [0.5, 0.6) is 0 Å². The van der Waals surface area contributed by atoms with E-state index in [1.807, 2.05) is 13.8 Å². The van der Waals surface area contributed by atoms with Crippen molar-refractivity contribution in [1.29, 1.82) is 0 Å². The second-order valence-corrected chi connectivity index (χ2v) is 31.2. The predicted octanol–water partition coefficient (Wildman–Crippen LogP) is 2.28. The Hall–Kier alpha value is 1.76. The van der Waals surface area contributed by atoms with Crippen LogP contribution >= 0.6 is 24.4 Å². The van der Waals surface area contributed by atoms with Crippen molar-refractivity contribution >= 4 is 40.9 Å². The van der Waals surface area contributed by atoms with Crippen molar-refractivity contribution in [3.8, 4) is 0 Å². The number of hydrogen-bond donors (Lipinski definition) is 0. The zero-order valence-corrected chi connectivity index (χ0v) is 12.1. The Morgan fingerprint density at radius 3 is 1.67 bits per heavy atom. The van der Waals surface area contributed by atoms with Gasteiger partial charge in [0.05, 0.1) is 0 Å². The fraction of sp³-hybridized carbons (Fsp3) is 1.00. The van der Waals surface area contributed by atoms with Gasteiger partial charge < -0.3 is 0 Å². The quantitative estimate of drug-likeness (QED) is 0.602. The summed E-state index contributed by atoms with van der Waals surface area (Å²) in [6.07, 6.45) is 0. The summed E-state index contributed by atoms with van der Waals surface area (Å²) in [5, 5.41) is 0. The molecule has 0 aliphatic carbocycles. The van der Waals surface area contributed by atoms with E-state index < -0.39 is 16.4 Å². The predicted molar refractivity (Wildman–Crippen MR) is 46.9 cm³/mol. The summed E-state index contributed by atoms with van der Waals surface area (Å²) in [7, 11) is 0. The molecule has 0 aliphatic rings. The van der Waals surface area contributed by atoms with Crippen molar-refractivity contribution in [2.45, 2.75) is 13.8 Å². The molecule has 0 unspecified atom stereocenters. The van der Waals surface area contributed by atoms with E-state index in [1.54, 1.807) is 0 Å². The van der Waals surface area contributed by atoms with Gasteiger partial charge in [0.25, 0.3) is 0 Å². The Morgan fingerprint density at radius 1 is 1.11 bits per heavy atom. The monoisotopic (exact) mass is 457 g/mol. The van der Waals surface area contributed by atoms with Gasteiger partial charge in [0.1, 0.15) is 0 Å². The van der Waals surface area contributed by atoms with Gasteiger partial charge >= 0.3 is 73.6 Å². The van der Waals surface area contributed by atoms with Crippen LogP contribution in [-0.4, -0.2) is 29.7 Å². The molecule has 1 radical (unpaired) electrons. The molecule has 9 heavy (non-hydrogen) atoms. The van der Waals surface area contributed by atoms with Gasteiger partial charge in [0.2, 0.25) is 0 Å². The van der Waals surface area contributed by atoms with Crippen LogP contribution in [-0.2, 0) is 5.63 Å². The second-order valence-electron chi connectivity index (χ2n) is 1.25. The normalized spacial score (nSPS) is 12.0. The molecular formula is C4H10BiBr2O2. The average Bonchev–Trinajstić information content (AvgIpc) is 1.64. The van der Waals surface area contributed by atoms with Crippen LogP contribution in [0.25, 0.3) is 0 Å². The maximum absolute atomic E-state index is 5.30. The van der Waals surface area contributed by atoms with Gasteiger partial charge in [-0.25, -0.2) is 0 Å². The average molecular weight is 459 g/mol. The molecule has 0 heterocycles. The molecule has 0 amide bonds. The third kappa shape index (κ3) is 6.17. The Morgan fingerprint density at radius 2 is 1.44 bits per heavy atom. The molecule has 0 aromatic rings. The van der Waals surface area contributed by atoms with Crippen molar-refractivity contribution < 1.29 is 5.63 Å². The van der Waals surface area contributed by atoms with E-state index in [2.05, 4.69) is 24.4 Å². The van der Waals surface area contributed by atoms with Crippen LogP contribution in [0.2, 0.25) is 0 Å². The van der Waals surface area contributed by atoms with Gasteiger partial charge in [0, 0.05) is 0 Å². The molecule has 0 saturated carbocycles. The molecule has 0 rings (SSSR count). The van der Waals surface area contributed by atoms with Crippen LogP contribution in [0.15, 0.2) is 0 Å². The Bertz CT molecular complexity index is 71.0. The summed E-state index contributed by atoms with van der Waals surface area (Å²) < 4.78 is 10.6. The third-order valence-electron chi connectivity index (χ3n) is 0.559. The van der Waals surface area contributed by atoms with Crippen molar-refractivity contribution in [2.24, 2.45) is 0 Å². The molecule has 0 N–H and O–H groups in total. The van der Waals surface area contributed by atoms with Gasteiger partial charge in [-0.1, -0.05) is 0 Å². The van der Waals surface area contributed by atoms with Crippen LogP contribution < -0.4 is 0 Å². The van der Waals surface area contributed by atoms with E-state index in [0.29, 0.717) is 13.2 Å². The molecule has 0 fully saturated rings. The first kappa shape index (κ1) is 10.8. The summed E-state index contributed by atoms with van der Waals surface area (Å²) in [5.74, 6) is 0. The number of halogens is 2. The Labute approximate surface area is 72.8 Å². The van der Waals surface area contributed by atoms with Gasteiger partial charge in [-0.3, -0.25) is 0 Å². The van der Waals surface area contributed by atoms with Crippen LogP contribution in [0.3, 0.4) is 0 Å². The number of hydrogen-bond acceptors (Lipinski definition) is 2. The molecule has 0 atom stereocenters. The second kappa shape index (κ2) is 5.42. The SMILES string of the molecule is CC[O][Bi]([Br])([Br])[O]CC. The standard InChI is InChI=1S/2C2H5O.Bi.2BrH/c2*1-2-3;;;/h2*2H2,1H3;;2*1H/q2*-1;+4;;/p-2. The summed E-state index contributed by atoms with van der Waals surface area (Å²) in [4.78, 5) is 0. The van der Waals surface area contributed by atoms with Crippen molar-refractivity contribution in [2.75, 3.05) is 13.2 Å². The van der Waals surface area contributed by atoms with Gasteiger partial charge in [0.15, 0.2) is 0 Å². The zero-order valence-electron chi connectivity index (χ0n) is 5.43. The number of rotatable bonds is 4. The molecule has 0 aromatic heterocycles. The van der Waals surface area contributed by atoms with E-state index in [1.165, 1.54) is 0 Å². The molecule has 57 valence electrons. The molecular weight excluding hydrogens is 449 g/mol. The first-order valence-electron chi connectivity index (χ1n) is 2.69. The molecule has 0 bridgehead atoms. The maximum atomic E-state index is 5.30. The molecule has 0 aromatic carbocycles. The van der Waals surface area contributed by atoms with Gasteiger partial charge in [-0.05, 0) is 0 Å². The van der Waals surface area contributed by atoms with Crippen LogP contribution in [0.4, 0.5) is 0 Å². The molecule has 0 saturated heterocycles. The zero-order chi connectivity index (χ0) is 7.33. The fourth-order valence-corrected chi connectivity index (χ4v) is 10.2. The van der Waals surface area contributed by atoms with E-state index in [0.717, 1.165) is 0 Å². The molecule has 0 spiro atoms. The van der Waals surface area contributed by atoms with E-state index in [9.17, 15) is 0 Å². The summed E-state index contributed by atoms with van der Waals surface area (Å²) in [5.41, 5.74) is 0. The summed E-state index contributed by atoms with van der Waals surface area (Å²) in [6.45, 7) is 5.31. The van der Waals surface area contributed by atoms with Gasteiger partial charge in [-0.15, -0.1) is 0 Å². The van der Waals surface area contributed by atoms with Gasteiger partial charge in [-0.2, -0.15) is 0 Å². The van der Waals surface area contributed by atoms with E-state index >= 15 is 0 Å². The topological polar surface area (TPSA) is 18.5 Å². The van der Waals surface area contributed by atoms with Crippen LogP contribution in [0, 0.1) is 0 Å². The Balaban J connectivity index is 3.43. The minimum absolute atomic E-state index is 0.703. The minimum atomic E-state index is -2.80. The van der Waals surface area contributed by atoms with E-state index in [4.69, 9.17) is 5.63 Å². The van der Waals surface area contributed by atoms with Crippen LogP contribution in [0.1, 0.15) is 13.8 Å². The first-order valence-corrected chi connectivity index (χ1v) is 20.6. The Kier molecular flexibility index (Phi) is 6.48. The third-order valence-corrected chi connectivity index (χ3v) is 12.1. The van der Waals surface area contributed by atoms with Crippen molar-refractivity contribution in [3.63, 3.8) is 0 Å². The fourth-order valence-electron chi connectivity index (χ4n) is 0.338. The molecule has 2 nitrogen and oxygen atoms in total. The van der Waals surface area contributed by atoms with Crippen molar-refractivity contribution in [3.05, 3.63) is 0 Å². The van der Waals surface area contributed by atoms with E-state index in [-0.39, 0.29) is 0 Å². The molecule has 0 aliphatic heterocycles. The molecule has 5 heteroatoms. The first-order chi connectivity index (χ1) is 4.12. The summed E-state index contributed by atoms with van der Waals surface area (Å²) in [6, 6.07) is 0. The summed E-state index contributed by atoms with van der Waals surface area (Å²) >= 11 is 3.98.